The van der Waals surface area contributed by atoms with Crippen LogP contribution in [-0.2, 0) is 9.84 Å². The van der Waals surface area contributed by atoms with Gasteiger partial charge in [-0.15, -0.1) is 0 Å². The lowest BCUT2D eigenvalue weighted by Crippen LogP contribution is -2.26. The number of nitrogens with one attached hydrogen (secondary N) is 1. The molecule has 1 N–H and O–H groups in total. The molecule has 0 spiro atoms. The van der Waals surface area contributed by atoms with Crippen LogP contribution in [-0.4, -0.2) is 31.5 Å². The number of hydrogen-bond acceptors (Lipinski definition) is 4. The maximum atomic E-state index is 12.4. The maximum absolute atomic E-state index is 12.4. The lowest BCUT2D eigenvalue weighted by molar-refractivity contribution is -0.0436. The largest absolute Gasteiger partial charge is 0.501 e. The highest BCUT2D eigenvalue weighted by atomic mass is 32.2. The second-order valence-corrected chi connectivity index (χ2v) is 7.95. The first-order valence-electron chi connectivity index (χ1n) is 6.46. The Hall–Kier alpha value is -0.890. The number of halogens is 3. The van der Waals surface area contributed by atoms with E-state index in [-0.39, 0.29) is 6.04 Å². The number of hydrogen-bond donors (Lipinski definition) is 1. The standard InChI is InChI=1S/C13H16F3NO2S2/c1-20-12-4-2-3-11(12)17-9-5-7-10(8-6-9)21(18,19)13(14,15)16/h5-8,11-12,17H,2-4H2,1H3. The zero-order valence-electron chi connectivity index (χ0n) is 11.4. The Kier molecular flexibility index (Phi) is 4.77. The summed E-state index contributed by atoms with van der Waals surface area (Å²) < 4.78 is 59.8. The number of benzene rings is 1. The van der Waals surface area contributed by atoms with E-state index in [2.05, 4.69) is 5.32 Å². The van der Waals surface area contributed by atoms with Crippen LogP contribution in [0.2, 0.25) is 0 Å². The van der Waals surface area contributed by atoms with Crippen LogP contribution >= 0.6 is 11.8 Å². The predicted octanol–water partition coefficient (Wildman–Crippen LogP) is 3.68. The lowest BCUT2D eigenvalue weighted by atomic mass is 10.2. The summed E-state index contributed by atoms with van der Waals surface area (Å²) in [6.45, 7) is 0. The third kappa shape index (κ3) is 3.48. The fourth-order valence-corrected chi connectivity index (χ4v) is 4.15. The van der Waals surface area contributed by atoms with E-state index in [4.69, 9.17) is 0 Å². The monoisotopic (exact) mass is 339 g/mol. The molecule has 118 valence electrons. The topological polar surface area (TPSA) is 46.2 Å². The quantitative estimate of drug-likeness (QED) is 0.909. The van der Waals surface area contributed by atoms with E-state index in [1.165, 1.54) is 12.1 Å². The van der Waals surface area contributed by atoms with Crippen LogP contribution in [0.25, 0.3) is 0 Å². The summed E-state index contributed by atoms with van der Waals surface area (Å²) in [4.78, 5) is -0.728. The highest BCUT2D eigenvalue weighted by Gasteiger charge is 2.46. The molecule has 1 aliphatic carbocycles. The molecule has 0 heterocycles. The van der Waals surface area contributed by atoms with Crippen LogP contribution in [0.4, 0.5) is 18.9 Å². The molecule has 0 aromatic heterocycles. The Morgan fingerprint density at radius 3 is 2.33 bits per heavy atom. The first-order valence-corrected chi connectivity index (χ1v) is 9.23. The zero-order chi connectivity index (χ0) is 15.7. The molecular formula is C13H16F3NO2S2. The molecule has 1 aliphatic rings. The van der Waals surface area contributed by atoms with E-state index in [1.807, 2.05) is 6.26 Å². The van der Waals surface area contributed by atoms with Crippen LogP contribution in [0.1, 0.15) is 19.3 Å². The first kappa shape index (κ1) is 16.5. The minimum Gasteiger partial charge on any atom is -0.381 e. The van der Waals surface area contributed by atoms with Gasteiger partial charge in [-0.05, 0) is 43.4 Å². The molecule has 0 saturated heterocycles. The summed E-state index contributed by atoms with van der Waals surface area (Å²) in [6.07, 6.45) is 5.26. The summed E-state index contributed by atoms with van der Waals surface area (Å²) in [7, 11) is -5.27. The van der Waals surface area contributed by atoms with E-state index in [1.54, 1.807) is 11.8 Å². The summed E-state index contributed by atoms with van der Waals surface area (Å²) >= 11 is 1.76. The molecule has 8 heteroatoms. The van der Waals surface area contributed by atoms with Crippen LogP contribution in [0.3, 0.4) is 0 Å². The molecule has 1 fully saturated rings. The number of rotatable bonds is 4. The molecule has 0 bridgehead atoms. The number of sulfone groups is 1. The Balaban J connectivity index is 2.13. The van der Waals surface area contributed by atoms with Crippen molar-refractivity contribution in [3.05, 3.63) is 24.3 Å². The van der Waals surface area contributed by atoms with Crippen LogP contribution in [0.15, 0.2) is 29.2 Å². The van der Waals surface area contributed by atoms with Crippen LogP contribution < -0.4 is 5.32 Å². The van der Waals surface area contributed by atoms with Gasteiger partial charge in [0, 0.05) is 17.0 Å². The van der Waals surface area contributed by atoms with Crippen molar-refractivity contribution in [2.24, 2.45) is 0 Å². The average molecular weight is 339 g/mol. The minimum atomic E-state index is -5.27. The van der Waals surface area contributed by atoms with Gasteiger partial charge in [0.2, 0.25) is 0 Å². The fraction of sp³-hybridized carbons (Fsp3) is 0.538. The van der Waals surface area contributed by atoms with Crippen molar-refractivity contribution in [3.8, 4) is 0 Å². The smallest absolute Gasteiger partial charge is 0.381 e. The van der Waals surface area contributed by atoms with Gasteiger partial charge < -0.3 is 5.32 Å². The number of thioether (sulfide) groups is 1. The van der Waals surface area contributed by atoms with E-state index in [9.17, 15) is 21.6 Å². The van der Waals surface area contributed by atoms with Gasteiger partial charge in [0.15, 0.2) is 0 Å². The summed E-state index contributed by atoms with van der Waals surface area (Å²) in [5, 5.41) is 3.74. The molecule has 2 unspecified atom stereocenters. The first-order chi connectivity index (χ1) is 9.75. The Morgan fingerprint density at radius 1 is 1.19 bits per heavy atom. The highest BCUT2D eigenvalue weighted by Crippen LogP contribution is 2.33. The van der Waals surface area contributed by atoms with Crippen molar-refractivity contribution >= 4 is 27.3 Å². The van der Waals surface area contributed by atoms with E-state index in [0.717, 1.165) is 31.4 Å². The molecule has 0 radical (unpaired) electrons. The molecule has 3 nitrogen and oxygen atoms in total. The molecule has 2 atom stereocenters. The van der Waals surface area contributed by atoms with E-state index in [0.29, 0.717) is 10.9 Å². The van der Waals surface area contributed by atoms with Gasteiger partial charge in [0.1, 0.15) is 0 Å². The van der Waals surface area contributed by atoms with Gasteiger partial charge in [-0.3, -0.25) is 0 Å². The second-order valence-electron chi connectivity index (χ2n) is 4.93. The molecule has 2 rings (SSSR count). The Bertz CT molecular complexity index is 584. The molecule has 1 aromatic rings. The molecule has 21 heavy (non-hydrogen) atoms. The van der Waals surface area contributed by atoms with Gasteiger partial charge >= 0.3 is 5.51 Å². The number of alkyl halides is 3. The lowest BCUT2D eigenvalue weighted by Gasteiger charge is -2.20. The van der Waals surface area contributed by atoms with Crippen molar-refractivity contribution in [3.63, 3.8) is 0 Å². The predicted molar refractivity (Wildman–Crippen MR) is 78.2 cm³/mol. The average Bonchev–Trinajstić information content (AvgIpc) is 2.85. The summed E-state index contributed by atoms with van der Waals surface area (Å²) in [6, 6.07) is 5.02. The molecule has 1 saturated carbocycles. The van der Waals surface area contributed by atoms with Gasteiger partial charge in [-0.2, -0.15) is 24.9 Å². The Morgan fingerprint density at radius 2 is 1.81 bits per heavy atom. The maximum Gasteiger partial charge on any atom is 0.501 e. The summed E-state index contributed by atoms with van der Waals surface area (Å²) in [5.41, 5.74) is -4.63. The molecule has 1 aromatic carbocycles. The second kappa shape index (κ2) is 6.08. The van der Waals surface area contributed by atoms with Crippen molar-refractivity contribution in [2.75, 3.05) is 11.6 Å². The minimum absolute atomic E-state index is 0.269. The van der Waals surface area contributed by atoms with Crippen molar-refractivity contribution in [1.82, 2.24) is 0 Å². The van der Waals surface area contributed by atoms with Crippen molar-refractivity contribution < 1.29 is 21.6 Å². The highest BCUT2D eigenvalue weighted by molar-refractivity contribution is 7.99. The molecule has 0 aliphatic heterocycles. The zero-order valence-corrected chi connectivity index (χ0v) is 13.0. The summed E-state index contributed by atoms with van der Waals surface area (Å²) in [5.74, 6) is 0. The van der Waals surface area contributed by atoms with Gasteiger partial charge in [0.05, 0.1) is 4.90 Å². The third-order valence-corrected chi connectivity index (χ3v) is 6.25. The molecular weight excluding hydrogens is 323 g/mol. The normalized spacial score (nSPS) is 23.2. The van der Waals surface area contributed by atoms with Crippen LogP contribution in [0.5, 0.6) is 0 Å². The number of anilines is 1. The Labute approximate surface area is 126 Å². The van der Waals surface area contributed by atoms with E-state index < -0.39 is 20.2 Å². The van der Waals surface area contributed by atoms with Crippen molar-refractivity contribution in [1.29, 1.82) is 0 Å². The van der Waals surface area contributed by atoms with Gasteiger partial charge in [-0.25, -0.2) is 8.42 Å². The van der Waals surface area contributed by atoms with Gasteiger partial charge in [0.25, 0.3) is 9.84 Å². The van der Waals surface area contributed by atoms with Crippen LogP contribution in [0, 0.1) is 0 Å². The van der Waals surface area contributed by atoms with Gasteiger partial charge in [-0.1, -0.05) is 6.42 Å². The SMILES string of the molecule is CSC1CCCC1Nc1ccc(S(=O)(=O)C(F)(F)F)cc1. The molecule has 0 amide bonds. The fourth-order valence-electron chi connectivity index (χ4n) is 2.45. The van der Waals surface area contributed by atoms with E-state index >= 15 is 0 Å². The third-order valence-electron chi connectivity index (χ3n) is 3.58. The van der Waals surface area contributed by atoms with Crippen molar-refractivity contribution in [2.45, 2.75) is 41.0 Å².